The second-order valence-corrected chi connectivity index (χ2v) is 7.69. The molecule has 0 unspecified atom stereocenters. The van der Waals surface area contributed by atoms with E-state index < -0.39 is 0 Å². The number of fused-ring (bicyclic) bond motifs is 2. The van der Waals surface area contributed by atoms with E-state index in [2.05, 4.69) is 29.9 Å². The molecule has 4 N–H and O–H groups in total. The van der Waals surface area contributed by atoms with Crippen molar-refractivity contribution in [2.75, 3.05) is 13.2 Å². The van der Waals surface area contributed by atoms with Gasteiger partial charge < -0.3 is 20.2 Å². The van der Waals surface area contributed by atoms with Crippen LogP contribution in [0.2, 0.25) is 0 Å². The fourth-order valence-corrected chi connectivity index (χ4v) is 3.40. The fraction of sp³-hybridized carbons (Fsp3) is 0.300. The first-order valence-electron chi connectivity index (χ1n) is 10.0. The molecule has 4 aromatic heterocycles. The topological polar surface area (TPSA) is 168 Å². The first-order chi connectivity index (χ1) is 15.6. The lowest BCUT2D eigenvalue weighted by molar-refractivity contribution is 0.281. The molecule has 2 fully saturated rings. The Bertz CT molecular complexity index is 1360. The Balaban J connectivity index is 0.000000135. The lowest BCUT2D eigenvalue weighted by Crippen LogP contribution is -2.06. The highest BCUT2D eigenvalue weighted by atomic mass is 16.3. The Morgan fingerprint density at radius 3 is 1.62 bits per heavy atom. The maximum atomic E-state index is 11.4. The largest absolute Gasteiger partial charge is 0.396 e. The van der Waals surface area contributed by atoms with Crippen LogP contribution in [0.3, 0.4) is 0 Å². The zero-order chi connectivity index (χ0) is 22.2. The van der Waals surface area contributed by atoms with Crippen LogP contribution in [0, 0.1) is 11.8 Å². The monoisotopic (exact) mass is 436 g/mol. The smallest absolute Gasteiger partial charge is 0.278 e. The van der Waals surface area contributed by atoms with Crippen molar-refractivity contribution in [1.82, 2.24) is 39.0 Å². The molecule has 164 valence electrons. The van der Waals surface area contributed by atoms with Crippen molar-refractivity contribution in [3.8, 4) is 0 Å². The summed E-state index contributed by atoms with van der Waals surface area (Å²) in [5.41, 5.74) is 3.59. The van der Waals surface area contributed by atoms with Gasteiger partial charge in [-0.15, -0.1) is 0 Å². The lowest BCUT2D eigenvalue weighted by atomic mass is 10.4. The number of nitrogens with one attached hydrogen (secondary N) is 2. The van der Waals surface area contributed by atoms with E-state index in [0.29, 0.717) is 22.3 Å². The summed E-state index contributed by atoms with van der Waals surface area (Å²) < 4.78 is 3.44. The third-order valence-corrected chi connectivity index (χ3v) is 5.47. The van der Waals surface area contributed by atoms with Gasteiger partial charge in [-0.05, 0) is 24.0 Å². The molecule has 0 aromatic carbocycles. The van der Waals surface area contributed by atoms with Gasteiger partial charge in [0.25, 0.3) is 11.1 Å². The SMILES string of the molecule is O=c1[nH]cnc2c1ncn2/C=C1/C[C@@H]1CO.O=c1[nH]cnc2c1ncn2/C=C1/C[C@H]1CO. The van der Waals surface area contributed by atoms with Gasteiger partial charge in [0, 0.05) is 37.4 Å². The Kier molecular flexibility index (Phi) is 4.99. The van der Waals surface area contributed by atoms with Crippen LogP contribution in [-0.4, -0.2) is 62.5 Å². The van der Waals surface area contributed by atoms with E-state index in [1.54, 1.807) is 21.8 Å². The number of nitrogens with zero attached hydrogens (tertiary/aromatic N) is 6. The van der Waals surface area contributed by atoms with E-state index in [9.17, 15) is 9.59 Å². The Morgan fingerprint density at radius 2 is 1.25 bits per heavy atom. The van der Waals surface area contributed by atoms with Gasteiger partial charge in [-0.1, -0.05) is 0 Å². The molecule has 0 bridgehead atoms. The quantitative estimate of drug-likeness (QED) is 0.345. The minimum Gasteiger partial charge on any atom is -0.396 e. The number of aliphatic hydroxyl groups excluding tert-OH is 2. The number of hydrogen-bond donors (Lipinski definition) is 4. The predicted octanol–water partition coefficient (Wildman–Crippen LogP) is -0.0546. The predicted molar refractivity (Wildman–Crippen MR) is 115 cm³/mol. The third-order valence-electron chi connectivity index (χ3n) is 5.47. The molecule has 0 spiro atoms. The zero-order valence-electron chi connectivity index (χ0n) is 16.8. The van der Waals surface area contributed by atoms with Gasteiger partial charge in [-0.2, -0.15) is 0 Å². The average molecular weight is 436 g/mol. The van der Waals surface area contributed by atoms with Gasteiger partial charge in [0.05, 0.1) is 12.7 Å². The maximum Gasteiger partial charge on any atom is 0.278 e. The summed E-state index contributed by atoms with van der Waals surface area (Å²) in [6.45, 7) is 0.346. The van der Waals surface area contributed by atoms with Gasteiger partial charge in [0.2, 0.25) is 0 Å². The molecule has 2 atom stereocenters. The Labute approximate surface area is 179 Å². The molecule has 0 amide bonds. The number of aliphatic hydroxyl groups is 2. The van der Waals surface area contributed by atoms with Crippen LogP contribution in [0.15, 0.2) is 46.0 Å². The van der Waals surface area contributed by atoms with Gasteiger partial charge in [-0.25, -0.2) is 19.9 Å². The molecular formula is C20H20N8O4. The van der Waals surface area contributed by atoms with Crippen LogP contribution in [-0.2, 0) is 0 Å². The zero-order valence-corrected chi connectivity index (χ0v) is 16.8. The maximum absolute atomic E-state index is 11.4. The summed E-state index contributed by atoms with van der Waals surface area (Å²) in [5, 5.41) is 17.9. The summed E-state index contributed by atoms with van der Waals surface area (Å²) >= 11 is 0. The fourth-order valence-electron chi connectivity index (χ4n) is 3.40. The van der Waals surface area contributed by atoms with Crippen molar-refractivity contribution >= 4 is 34.7 Å². The molecule has 0 radical (unpaired) electrons. The van der Waals surface area contributed by atoms with Crippen LogP contribution in [0.25, 0.3) is 34.7 Å². The molecule has 12 nitrogen and oxygen atoms in total. The van der Waals surface area contributed by atoms with E-state index in [1.165, 1.54) is 12.7 Å². The van der Waals surface area contributed by atoms with Gasteiger partial charge in [0.15, 0.2) is 22.3 Å². The molecule has 2 saturated carbocycles. The van der Waals surface area contributed by atoms with Gasteiger partial charge in [-0.3, -0.25) is 18.7 Å². The summed E-state index contributed by atoms with van der Waals surface area (Å²) in [6.07, 6.45) is 11.4. The van der Waals surface area contributed by atoms with Crippen LogP contribution in [0.1, 0.15) is 12.8 Å². The number of aromatic amines is 2. The number of hydrogen-bond acceptors (Lipinski definition) is 8. The van der Waals surface area contributed by atoms with Crippen molar-refractivity contribution in [2.45, 2.75) is 12.8 Å². The van der Waals surface area contributed by atoms with Crippen LogP contribution >= 0.6 is 0 Å². The molecule has 4 aromatic rings. The van der Waals surface area contributed by atoms with Crippen molar-refractivity contribution < 1.29 is 10.2 Å². The molecule has 12 heteroatoms. The third kappa shape index (κ3) is 3.76. The molecule has 0 saturated heterocycles. The summed E-state index contributed by atoms with van der Waals surface area (Å²) in [6, 6.07) is 0. The van der Waals surface area contributed by atoms with Crippen molar-refractivity contribution in [3.63, 3.8) is 0 Å². The molecule has 4 heterocycles. The average Bonchev–Trinajstić information content (AvgIpc) is 3.64. The Hall–Kier alpha value is -3.90. The lowest BCUT2D eigenvalue weighted by Gasteiger charge is -1.93. The second kappa shape index (κ2) is 7.98. The van der Waals surface area contributed by atoms with E-state index in [4.69, 9.17) is 10.2 Å². The van der Waals surface area contributed by atoms with Crippen LogP contribution < -0.4 is 11.1 Å². The van der Waals surface area contributed by atoms with Crippen molar-refractivity contribution in [3.05, 3.63) is 57.2 Å². The van der Waals surface area contributed by atoms with Gasteiger partial charge in [0.1, 0.15) is 12.7 Å². The molecule has 32 heavy (non-hydrogen) atoms. The minimum absolute atomic E-state index is 0.173. The number of H-pyrrole nitrogens is 2. The van der Waals surface area contributed by atoms with Crippen LogP contribution in [0.4, 0.5) is 0 Å². The Morgan fingerprint density at radius 1 is 0.812 bits per heavy atom. The molecule has 0 aliphatic heterocycles. The van der Waals surface area contributed by atoms with Gasteiger partial charge >= 0.3 is 0 Å². The first kappa shape index (κ1) is 20.0. The van der Waals surface area contributed by atoms with Crippen LogP contribution in [0.5, 0.6) is 0 Å². The molecule has 2 aliphatic rings. The first-order valence-corrected chi connectivity index (χ1v) is 10.0. The minimum atomic E-state index is -0.239. The summed E-state index contributed by atoms with van der Waals surface area (Å²) in [5.74, 6) is 0.527. The number of rotatable bonds is 4. The summed E-state index contributed by atoms with van der Waals surface area (Å²) in [4.78, 5) is 43.9. The van der Waals surface area contributed by atoms with E-state index in [-0.39, 0.29) is 36.2 Å². The summed E-state index contributed by atoms with van der Waals surface area (Å²) in [7, 11) is 0. The standard InChI is InChI=1S/2C10H10N4O2/c2*15-3-7-1-6(7)2-14-5-13-8-9(14)11-4-12-10(8)16/h2*2,4-5,7,15H,1,3H2,(H,11,12,16)/b2*6-2-/t2*7-/m10/s1. The highest BCUT2D eigenvalue weighted by molar-refractivity contribution is 5.72. The highest BCUT2D eigenvalue weighted by Gasteiger charge is 2.29. The highest BCUT2D eigenvalue weighted by Crippen LogP contribution is 2.38. The second-order valence-electron chi connectivity index (χ2n) is 7.69. The van der Waals surface area contributed by atoms with Crippen molar-refractivity contribution in [1.29, 1.82) is 0 Å². The molecule has 2 aliphatic carbocycles. The number of aromatic nitrogens is 8. The molecule has 6 rings (SSSR count). The van der Waals surface area contributed by atoms with E-state index in [0.717, 1.165) is 24.0 Å². The van der Waals surface area contributed by atoms with Crippen molar-refractivity contribution in [2.24, 2.45) is 11.8 Å². The molecular weight excluding hydrogens is 416 g/mol. The normalized spacial score (nSPS) is 21.8. The number of imidazole rings is 2. The van der Waals surface area contributed by atoms with E-state index in [1.807, 2.05) is 12.4 Å². The van der Waals surface area contributed by atoms with E-state index >= 15 is 0 Å².